The Balaban J connectivity index is 2.06. The van der Waals surface area contributed by atoms with Gasteiger partial charge in [-0.1, -0.05) is 0 Å². The third-order valence-corrected chi connectivity index (χ3v) is 4.40. The maximum Gasteiger partial charge on any atom is 0.328 e. The molecule has 1 aromatic carbocycles. The summed E-state index contributed by atoms with van der Waals surface area (Å²) < 4.78 is 21.3. The fraction of sp³-hybridized carbons (Fsp3) is 0.286. The van der Waals surface area contributed by atoms with Crippen molar-refractivity contribution in [2.24, 2.45) is 0 Å². The third kappa shape index (κ3) is 4.16. The zero-order valence-corrected chi connectivity index (χ0v) is 16.5. The lowest BCUT2D eigenvalue weighted by atomic mass is 10.0. The molecule has 0 spiro atoms. The smallest absolute Gasteiger partial charge is 0.328 e. The monoisotopic (exact) mass is 399 g/mol. The van der Waals surface area contributed by atoms with Crippen molar-refractivity contribution in [1.82, 2.24) is 5.32 Å². The Morgan fingerprint density at radius 1 is 1.10 bits per heavy atom. The second kappa shape index (κ2) is 8.22. The molecule has 0 aliphatic carbocycles. The van der Waals surface area contributed by atoms with Crippen molar-refractivity contribution in [3.63, 3.8) is 0 Å². The van der Waals surface area contributed by atoms with Gasteiger partial charge in [0, 0.05) is 11.6 Å². The predicted molar refractivity (Wildman–Crippen MR) is 105 cm³/mol. The van der Waals surface area contributed by atoms with Crippen LogP contribution in [0.2, 0.25) is 0 Å². The summed E-state index contributed by atoms with van der Waals surface area (Å²) in [6, 6.07) is 7.51. The number of aryl methyl sites for hydroxylation is 1. The molecule has 8 nitrogen and oxygen atoms in total. The molecular weight excluding hydrogens is 378 g/mol. The van der Waals surface area contributed by atoms with E-state index in [-0.39, 0.29) is 23.0 Å². The number of hydrogen-bond acceptors (Lipinski definition) is 7. The zero-order chi connectivity index (χ0) is 21.1. The van der Waals surface area contributed by atoms with Gasteiger partial charge in [-0.25, -0.2) is 4.79 Å². The van der Waals surface area contributed by atoms with E-state index in [4.69, 9.17) is 13.6 Å². The molecule has 2 aromatic heterocycles. The lowest BCUT2D eigenvalue weighted by Crippen LogP contribution is -2.39. The number of ether oxygens (including phenoxy) is 2. The first-order chi connectivity index (χ1) is 13.8. The summed E-state index contributed by atoms with van der Waals surface area (Å²) in [5.41, 5.74) is 0.971. The molecule has 3 rings (SSSR count). The molecule has 152 valence electrons. The first-order valence-corrected chi connectivity index (χ1v) is 8.91. The molecule has 8 heteroatoms. The van der Waals surface area contributed by atoms with Gasteiger partial charge in [-0.05, 0) is 38.1 Å². The molecule has 0 fully saturated rings. The number of benzene rings is 1. The maximum absolute atomic E-state index is 12.5. The van der Waals surface area contributed by atoms with Crippen molar-refractivity contribution in [2.45, 2.75) is 26.3 Å². The Morgan fingerprint density at radius 2 is 1.79 bits per heavy atom. The first kappa shape index (κ1) is 20.2. The van der Waals surface area contributed by atoms with Gasteiger partial charge in [0.25, 0.3) is 0 Å². The van der Waals surface area contributed by atoms with Gasteiger partial charge in [-0.3, -0.25) is 9.59 Å². The number of furan rings is 1. The minimum Gasteiger partial charge on any atom is -0.497 e. The number of methoxy groups -OCH3 is 2. The van der Waals surface area contributed by atoms with Crippen LogP contribution in [0, 0.1) is 6.92 Å². The highest BCUT2D eigenvalue weighted by atomic mass is 16.5. The molecule has 0 saturated carbocycles. The largest absolute Gasteiger partial charge is 0.497 e. The predicted octanol–water partition coefficient (Wildman–Crippen LogP) is 2.59. The Hall–Kier alpha value is -3.55. The van der Waals surface area contributed by atoms with Gasteiger partial charge in [0.2, 0.25) is 16.9 Å². The van der Waals surface area contributed by atoms with E-state index in [9.17, 15) is 14.4 Å². The summed E-state index contributed by atoms with van der Waals surface area (Å²) in [5.74, 6) is 0.392. The van der Waals surface area contributed by atoms with Crippen molar-refractivity contribution < 1.29 is 27.9 Å². The van der Waals surface area contributed by atoms with Gasteiger partial charge in [-0.15, -0.1) is 0 Å². The Labute approximate surface area is 166 Å². The van der Waals surface area contributed by atoms with Crippen LogP contribution in [-0.2, 0) is 20.7 Å². The van der Waals surface area contributed by atoms with Gasteiger partial charge in [0.1, 0.15) is 23.3 Å². The summed E-state index contributed by atoms with van der Waals surface area (Å²) >= 11 is 0. The lowest BCUT2D eigenvalue weighted by molar-refractivity contribution is -0.144. The Morgan fingerprint density at radius 3 is 2.41 bits per heavy atom. The van der Waals surface area contributed by atoms with E-state index < -0.39 is 17.9 Å². The fourth-order valence-corrected chi connectivity index (χ4v) is 2.99. The molecule has 2 heterocycles. The molecular formula is C21H21NO7. The van der Waals surface area contributed by atoms with Crippen molar-refractivity contribution in [1.29, 1.82) is 0 Å². The van der Waals surface area contributed by atoms with Crippen molar-refractivity contribution in [3.8, 4) is 17.1 Å². The van der Waals surface area contributed by atoms with Crippen LogP contribution >= 0.6 is 0 Å². The quantitative estimate of drug-likeness (QED) is 0.635. The minimum atomic E-state index is -0.816. The van der Waals surface area contributed by atoms with Crippen LogP contribution in [0.25, 0.3) is 22.5 Å². The topological polar surface area (TPSA) is 108 Å². The highest BCUT2D eigenvalue weighted by Gasteiger charge is 2.24. The first-order valence-electron chi connectivity index (χ1n) is 8.91. The number of carbonyl (C=O) groups excluding carboxylic acids is 2. The molecule has 0 bridgehead atoms. The molecule has 0 saturated heterocycles. The van der Waals surface area contributed by atoms with E-state index in [1.165, 1.54) is 20.1 Å². The fourth-order valence-electron chi connectivity index (χ4n) is 2.99. The minimum absolute atomic E-state index is 0.0326. The van der Waals surface area contributed by atoms with Crippen LogP contribution < -0.4 is 15.5 Å². The second-order valence-corrected chi connectivity index (χ2v) is 6.51. The van der Waals surface area contributed by atoms with Crippen LogP contribution in [-0.4, -0.2) is 32.1 Å². The molecule has 1 amide bonds. The summed E-state index contributed by atoms with van der Waals surface area (Å²) in [4.78, 5) is 36.5. The number of rotatable bonds is 6. The maximum atomic E-state index is 12.5. The van der Waals surface area contributed by atoms with Crippen molar-refractivity contribution in [2.75, 3.05) is 14.2 Å². The van der Waals surface area contributed by atoms with Crippen LogP contribution in [0.4, 0.5) is 0 Å². The molecule has 0 aliphatic rings. The van der Waals surface area contributed by atoms with Crippen molar-refractivity contribution in [3.05, 3.63) is 51.9 Å². The Kier molecular flexibility index (Phi) is 5.72. The number of amides is 1. The second-order valence-electron chi connectivity index (χ2n) is 6.51. The Bertz CT molecular complexity index is 1110. The molecule has 0 unspecified atom stereocenters. The number of esters is 1. The molecule has 1 atom stereocenters. The van der Waals surface area contributed by atoms with E-state index in [2.05, 4.69) is 10.1 Å². The number of carbonyl (C=O) groups is 2. The number of hydrogen-bond donors (Lipinski definition) is 1. The van der Waals surface area contributed by atoms with E-state index in [0.717, 1.165) is 0 Å². The molecule has 29 heavy (non-hydrogen) atoms. The standard InChI is InChI=1S/C21H21NO7/c1-11-9-16(23)20-19(28-11)15(10-17(24)22-12(2)21(25)27-4)18(29-20)13-5-7-14(26-3)8-6-13/h5-9,12H,10H2,1-4H3,(H,22,24)/t12-/m0/s1. The highest BCUT2D eigenvalue weighted by Crippen LogP contribution is 2.34. The number of nitrogens with one attached hydrogen (secondary N) is 1. The van der Waals surface area contributed by atoms with Crippen LogP contribution in [0.1, 0.15) is 18.2 Å². The molecule has 1 N–H and O–H groups in total. The lowest BCUT2D eigenvalue weighted by Gasteiger charge is -2.11. The van der Waals surface area contributed by atoms with E-state index in [1.54, 1.807) is 38.3 Å². The van der Waals surface area contributed by atoms with Gasteiger partial charge in [-0.2, -0.15) is 0 Å². The van der Waals surface area contributed by atoms with Gasteiger partial charge in [0.05, 0.1) is 26.2 Å². The number of fused-ring (bicyclic) bond motifs is 1. The summed E-state index contributed by atoms with van der Waals surface area (Å²) in [6.07, 6.45) is -0.151. The van der Waals surface area contributed by atoms with E-state index in [1.807, 2.05) is 0 Å². The normalized spacial score (nSPS) is 11.9. The van der Waals surface area contributed by atoms with Gasteiger partial charge < -0.3 is 23.6 Å². The van der Waals surface area contributed by atoms with Crippen molar-refractivity contribution >= 4 is 23.0 Å². The van der Waals surface area contributed by atoms with E-state index in [0.29, 0.717) is 28.4 Å². The van der Waals surface area contributed by atoms with E-state index >= 15 is 0 Å². The van der Waals surface area contributed by atoms with Gasteiger partial charge in [0.15, 0.2) is 5.58 Å². The van der Waals surface area contributed by atoms with Crippen LogP contribution in [0.3, 0.4) is 0 Å². The average Bonchev–Trinajstić information content (AvgIpc) is 3.05. The third-order valence-electron chi connectivity index (χ3n) is 4.40. The SMILES string of the molecule is COC(=O)[C@H](C)NC(=O)Cc1c(-c2ccc(OC)cc2)oc2c(=O)cc(C)oc12. The summed E-state index contributed by atoms with van der Waals surface area (Å²) in [7, 11) is 2.80. The van der Waals surface area contributed by atoms with Crippen LogP contribution in [0.5, 0.6) is 5.75 Å². The highest BCUT2D eigenvalue weighted by molar-refractivity contribution is 5.91. The molecule has 0 aliphatic heterocycles. The summed E-state index contributed by atoms with van der Waals surface area (Å²) in [6.45, 7) is 3.16. The molecule has 0 radical (unpaired) electrons. The summed E-state index contributed by atoms with van der Waals surface area (Å²) in [5, 5.41) is 2.56. The average molecular weight is 399 g/mol. The zero-order valence-electron chi connectivity index (χ0n) is 16.5. The van der Waals surface area contributed by atoms with Crippen LogP contribution in [0.15, 0.2) is 44.0 Å². The molecule has 3 aromatic rings. The van der Waals surface area contributed by atoms with Gasteiger partial charge >= 0.3 is 5.97 Å².